The Bertz CT molecular complexity index is 805. The van der Waals surface area contributed by atoms with Crippen LogP contribution in [-0.4, -0.2) is 27.8 Å². The lowest BCUT2D eigenvalue weighted by atomic mass is 10.2. The Morgan fingerprint density at radius 3 is 2.19 bits per heavy atom. The first-order chi connectivity index (χ1) is 12.7. The molecule has 0 aliphatic rings. The fourth-order valence-corrected chi connectivity index (χ4v) is 2.89. The fraction of sp³-hybridized carbons (Fsp3) is 0.286. The Morgan fingerprint density at radius 2 is 1.58 bits per heavy atom. The van der Waals surface area contributed by atoms with E-state index < -0.39 is 0 Å². The monoisotopic (exact) mass is 347 g/mol. The molecule has 0 aliphatic heterocycles. The van der Waals surface area contributed by atoms with Gasteiger partial charge in [0.05, 0.1) is 6.20 Å². The summed E-state index contributed by atoms with van der Waals surface area (Å²) in [4.78, 5) is 9.13. The lowest BCUT2D eigenvalue weighted by Crippen LogP contribution is -2.32. The van der Waals surface area contributed by atoms with Crippen LogP contribution in [0.1, 0.15) is 26.3 Å². The Morgan fingerprint density at radius 1 is 0.923 bits per heavy atom. The van der Waals surface area contributed by atoms with Gasteiger partial charge in [-0.15, -0.1) is 5.10 Å². The van der Waals surface area contributed by atoms with Crippen LogP contribution in [0.2, 0.25) is 0 Å². The third kappa shape index (κ3) is 4.17. The van der Waals surface area contributed by atoms with Crippen molar-refractivity contribution in [1.29, 1.82) is 0 Å². The average Bonchev–Trinajstić information content (AvgIpc) is 2.68. The maximum Gasteiger partial charge on any atom is 0.251 e. The Hall–Kier alpha value is -2.95. The molecule has 0 saturated carbocycles. The molecule has 3 aromatic rings. The number of nitrogens with zero attached hydrogens (tertiary/aromatic N) is 5. The summed E-state index contributed by atoms with van der Waals surface area (Å²) < 4.78 is 0. The first kappa shape index (κ1) is 17.9. The van der Waals surface area contributed by atoms with E-state index in [2.05, 4.69) is 77.2 Å². The molecule has 5 nitrogen and oxygen atoms in total. The van der Waals surface area contributed by atoms with Crippen molar-refractivity contribution in [2.24, 2.45) is 0 Å². The summed E-state index contributed by atoms with van der Waals surface area (Å²) in [5.41, 5.74) is 2.31. The summed E-state index contributed by atoms with van der Waals surface area (Å²) >= 11 is 0. The zero-order valence-corrected chi connectivity index (χ0v) is 15.6. The summed E-state index contributed by atoms with van der Waals surface area (Å²) in [7, 11) is 0. The molecule has 0 aliphatic carbocycles. The molecule has 2 aromatic carbocycles. The van der Waals surface area contributed by atoms with Gasteiger partial charge in [-0.25, -0.2) is 0 Å². The van der Waals surface area contributed by atoms with E-state index in [0.29, 0.717) is 12.0 Å². The van der Waals surface area contributed by atoms with Crippen molar-refractivity contribution in [3.8, 4) is 0 Å². The normalized spacial score (nSPS) is 10.8. The molecule has 0 saturated heterocycles. The smallest absolute Gasteiger partial charge is 0.251 e. The highest BCUT2D eigenvalue weighted by atomic mass is 15.4. The van der Waals surface area contributed by atoms with Gasteiger partial charge in [0.2, 0.25) is 0 Å². The number of anilines is 3. The molecule has 134 valence electrons. The topological polar surface area (TPSA) is 45.2 Å². The third-order valence-electron chi connectivity index (χ3n) is 4.27. The quantitative estimate of drug-likeness (QED) is 0.632. The molecule has 1 aromatic heterocycles. The van der Waals surface area contributed by atoms with Gasteiger partial charge >= 0.3 is 0 Å². The van der Waals surface area contributed by atoms with Gasteiger partial charge in [0.15, 0.2) is 5.82 Å². The largest absolute Gasteiger partial charge is 0.348 e. The number of benzene rings is 2. The lowest BCUT2D eigenvalue weighted by Gasteiger charge is -2.29. The molecule has 5 heteroatoms. The van der Waals surface area contributed by atoms with Gasteiger partial charge in [-0.3, -0.25) is 0 Å². The molecule has 1 heterocycles. The predicted octanol–water partition coefficient (Wildman–Crippen LogP) is 4.44. The fourth-order valence-electron chi connectivity index (χ4n) is 2.89. The van der Waals surface area contributed by atoms with Gasteiger partial charge in [0, 0.05) is 24.8 Å². The molecule has 0 unspecified atom stereocenters. The summed E-state index contributed by atoms with van der Waals surface area (Å²) in [6.45, 7) is 7.98. The van der Waals surface area contributed by atoms with E-state index >= 15 is 0 Å². The van der Waals surface area contributed by atoms with Gasteiger partial charge in [-0.05, 0) is 38.5 Å². The van der Waals surface area contributed by atoms with Crippen molar-refractivity contribution in [2.45, 2.75) is 33.4 Å². The Balaban J connectivity index is 1.91. The van der Waals surface area contributed by atoms with Crippen molar-refractivity contribution in [3.63, 3.8) is 0 Å². The second-order valence-corrected chi connectivity index (χ2v) is 6.40. The molecule has 0 spiro atoms. The molecule has 0 N–H and O–H groups in total. The molecule has 0 radical (unpaired) electrons. The molecule has 0 amide bonds. The van der Waals surface area contributed by atoms with Crippen LogP contribution < -0.4 is 9.80 Å². The lowest BCUT2D eigenvalue weighted by molar-refractivity contribution is 0.666. The van der Waals surface area contributed by atoms with E-state index in [1.165, 1.54) is 5.56 Å². The standard InChI is InChI=1S/C21H25N5/c1-4-25(19-13-9-6-10-14-19)21-23-20(15-22-24-21)26(17(2)3)16-18-11-7-5-8-12-18/h5-15,17H,4,16H2,1-3H3. The van der Waals surface area contributed by atoms with E-state index in [1.807, 2.05) is 24.3 Å². The SMILES string of the molecule is CCN(c1ccccc1)c1nncc(N(Cc2ccccc2)C(C)C)n1. The van der Waals surface area contributed by atoms with Crippen LogP contribution in [0.3, 0.4) is 0 Å². The molecular weight excluding hydrogens is 322 g/mol. The number of hydrogen-bond acceptors (Lipinski definition) is 5. The minimum atomic E-state index is 0.298. The average molecular weight is 347 g/mol. The number of hydrogen-bond donors (Lipinski definition) is 0. The van der Waals surface area contributed by atoms with E-state index in [-0.39, 0.29) is 0 Å². The first-order valence-corrected chi connectivity index (χ1v) is 9.02. The van der Waals surface area contributed by atoms with Gasteiger partial charge in [-0.2, -0.15) is 10.1 Å². The highest BCUT2D eigenvalue weighted by molar-refractivity contribution is 5.57. The van der Waals surface area contributed by atoms with E-state index in [0.717, 1.165) is 24.6 Å². The van der Waals surface area contributed by atoms with Crippen LogP contribution in [-0.2, 0) is 6.54 Å². The minimum absolute atomic E-state index is 0.298. The zero-order valence-electron chi connectivity index (χ0n) is 15.6. The second-order valence-electron chi connectivity index (χ2n) is 6.40. The van der Waals surface area contributed by atoms with Crippen LogP contribution >= 0.6 is 0 Å². The van der Waals surface area contributed by atoms with Crippen molar-refractivity contribution in [3.05, 3.63) is 72.4 Å². The van der Waals surface area contributed by atoms with Crippen molar-refractivity contribution in [1.82, 2.24) is 15.2 Å². The number of aromatic nitrogens is 3. The van der Waals surface area contributed by atoms with Crippen LogP contribution in [0.25, 0.3) is 0 Å². The molecule has 0 bridgehead atoms. The maximum absolute atomic E-state index is 4.82. The zero-order chi connectivity index (χ0) is 18.4. The van der Waals surface area contributed by atoms with Gasteiger partial charge in [-0.1, -0.05) is 48.5 Å². The Kier molecular flexibility index (Phi) is 5.79. The Labute approximate surface area is 155 Å². The second kappa shape index (κ2) is 8.43. The van der Waals surface area contributed by atoms with Crippen LogP contribution in [0.15, 0.2) is 66.9 Å². The van der Waals surface area contributed by atoms with Crippen molar-refractivity contribution < 1.29 is 0 Å². The van der Waals surface area contributed by atoms with Crippen LogP contribution in [0, 0.1) is 0 Å². The highest BCUT2D eigenvalue weighted by Crippen LogP contribution is 2.24. The van der Waals surface area contributed by atoms with E-state index in [1.54, 1.807) is 6.20 Å². The van der Waals surface area contributed by atoms with Gasteiger partial charge in [0.25, 0.3) is 5.95 Å². The van der Waals surface area contributed by atoms with E-state index in [4.69, 9.17) is 4.98 Å². The first-order valence-electron chi connectivity index (χ1n) is 9.02. The van der Waals surface area contributed by atoms with Crippen LogP contribution in [0.5, 0.6) is 0 Å². The molecule has 26 heavy (non-hydrogen) atoms. The summed E-state index contributed by atoms with van der Waals surface area (Å²) in [5.74, 6) is 1.46. The molecule has 3 rings (SSSR count). The van der Waals surface area contributed by atoms with Crippen molar-refractivity contribution in [2.75, 3.05) is 16.3 Å². The molecule has 0 atom stereocenters. The van der Waals surface area contributed by atoms with Gasteiger partial charge in [0.1, 0.15) is 0 Å². The van der Waals surface area contributed by atoms with Crippen molar-refractivity contribution >= 4 is 17.5 Å². The van der Waals surface area contributed by atoms with E-state index in [9.17, 15) is 0 Å². The molecular formula is C21H25N5. The molecule has 0 fully saturated rings. The van der Waals surface area contributed by atoms with Crippen LogP contribution in [0.4, 0.5) is 17.5 Å². The highest BCUT2D eigenvalue weighted by Gasteiger charge is 2.17. The maximum atomic E-state index is 4.82. The predicted molar refractivity (Wildman–Crippen MR) is 107 cm³/mol. The van der Waals surface area contributed by atoms with Gasteiger partial charge < -0.3 is 9.80 Å². The third-order valence-corrected chi connectivity index (χ3v) is 4.27. The summed E-state index contributed by atoms with van der Waals surface area (Å²) in [6, 6.07) is 20.9. The summed E-state index contributed by atoms with van der Waals surface area (Å²) in [5, 5.41) is 8.50. The number of para-hydroxylation sites is 1. The summed E-state index contributed by atoms with van der Waals surface area (Å²) in [6.07, 6.45) is 1.74. The minimum Gasteiger partial charge on any atom is -0.348 e. The number of rotatable bonds is 7.